The molecule has 156 valence electrons. The van der Waals surface area contributed by atoms with Gasteiger partial charge in [-0.05, 0) is 49.4 Å². The summed E-state index contributed by atoms with van der Waals surface area (Å²) < 4.78 is 7.12. The fourth-order valence-corrected chi connectivity index (χ4v) is 3.59. The smallest absolute Gasteiger partial charge is 0.340 e. The van der Waals surface area contributed by atoms with Crippen LogP contribution in [0.25, 0.3) is 39.2 Å². The van der Waals surface area contributed by atoms with Crippen molar-refractivity contribution in [2.24, 2.45) is 0 Å². The summed E-state index contributed by atoms with van der Waals surface area (Å²) in [6.07, 6.45) is 6.82. The van der Waals surface area contributed by atoms with E-state index in [1.807, 2.05) is 54.6 Å². The van der Waals surface area contributed by atoms with E-state index in [1.54, 1.807) is 42.5 Å². The van der Waals surface area contributed by atoms with E-state index in [-0.39, 0.29) is 6.61 Å². The van der Waals surface area contributed by atoms with Crippen LogP contribution >= 0.6 is 0 Å². The molecule has 0 bridgehead atoms. The molecule has 0 unspecified atom stereocenters. The predicted octanol–water partition coefficient (Wildman–Crippen LogP) is 4.72. The minimum Gasteiger partial charge on any atom is -0.462 e. The number of ether oxygens (including phenoxy) is 1. The average Bonchev–Trinajstić information content (AvgIpc) is 3.24. The summed E-state index contributed by atoms with van der Waals surface area (Å²) in [5.41, 5.74) is 4.60. The Bertz CT molecular complexity index is 1380. The second kappa shape index (κ2) is 8.39. The fraction of sp³-hybridized carbons (Fsp3) is 0.0800. The van der Waals surface area contributed by atoms with Crippen LogP contribution < -0.4 is 0 Å². The van der Waals surface area contributed by atoms with Gasteiger partial charge in [-0.3, -0.25) is 9.97 Å². The van der Waals surface area contributed by atoms with E-state index < -0.39 is 5.97 Å². The highest BCUT2D eigenvalue weighted by molar-refractivity contribution is 6.03. The van der Waals surface area contributed by atoms with Crippen molar-refractivity contribution in [2.75, 3.05) is 6.61 Å². The molecule has 0 saturated carbocycles. The van der Waals surface area contributed by atoms with Gasteiger partial charge in [0.15, 0.2) is 5.65 Å². The first kappa shape index (κ1) is 19.6. The Balaban J connectivity index is 1.85. The van der Waals surface area contributed by atoms with Crippen LogP contribution in [0.4, 0.5) is 0 Å². The number of hydrogen-bond acceptors (Lipinski definition) is 6. The minimum absolute atomic E-state index is 0.266. The van der Waals surface area contributed by atoms with Gasteiger partial charge in [-0.2, -0.15) is 5.10 Å². The highest BCUT2D eigenvalue weighted by Gasteiger charge is 2.23. The first-order chi connectivity index (χ1) is 15.8. The van der Waals surface area contributed by atoms with Crippen LogP contribution in [0.5, 0.6) is 0 Å². The maximum atomic E-state index is 12.9. The minimum atomic E-state index is -0.439. The maximum absolute atomic E-state index is 12.9. The van der Waals surface area contributed by atoms with E-state index >= 15 is 0 Å². The predicted molar refractivity (Wildman–Crippen MR) is 121 cm³/mol. The van der Waals surface area contributed by atoms with Crippen LogP contribution in [0.1, 0.15) is 17.3 Å². The molecule has 1 aromatic carbocycles. The van der Waals surface area contributed by atoms with Crippen LogP contribution in [-0.4, -0.2) is 37.3 Å². The summed E-state index contributed by atoms with van der Waals surface area (Å²) in [6.45, 7) is 2.05. The van der Waals surface area contributed by atoms with Crippen LogP contribution in [0, 0.1) is 0 Å². The molecule has 5 rings (SSSR count). The molecule has 7 nitrogen and oxygen atoms in total. The molecule has 5 aromatic rings. The second-order valence-electron chi connectivity index (χ2n) is 7.06. The summed E-state index contributed by atoms with van der Waals surface area (Å²) in [6, 6.07) is 19.0. The topological polar surface area (TPSA) is 82.8 Å². The molecular formula is C25H19N5O2. The maximum Gasteiger partial charge on any atom is 0.340 e. The molecule has 0 aliphatic rings. The monoisotopic (exact) mass is 421 g/mol. The first-order valence-electron chi connectivity index (χ1n) is 10.2. The number of benzene rings is 1. The number of carbonyl (C=O) groups excluding carboxylic acids is 1. The summed E-state index contributed by atoms with van der Waals surface area (Å²) in [7, 11) is 0. The highest BCUT2D eigenvalue weighted by atomic mass is 16.5. The van der Waals surface area contributed by atoms with Crippen LogP contribution in [0.3, 0.4) is 0 Å². The third kappa shape index (κ3) is 3.50. The van der Waals surface area contributed by atoms with Gasteiger partial charge in [0.05, 0.1) is 23.6 Å². The number of hydrogen-bond donors (Lipinski definition) is 0. The van der Waals surface area contributed by atoms with Gasteiger partial charge >= 0.3 is 5.97 Å². The molecular weight excluding hydrogens is 402 g/mol. The zero-order valence-corrected chi connectivity index (χ0v) is 17.3. The van der Waals surface area contributed by atoms with Gasteiger partial charge in [0.1, 0.15) is 5.69 Å². The molecule has 0 fully saturated rings. The van der Waals surface area contributed by atoms with E-state index in [0.717, 1.165) is 22.2 Å². The Hall–Kier alpha value is -4.39. The summed E-state index contributed by atoms with van der Waals surface area (Å²) in [4.78, 5) is 26.2. The zero-order valence-electron chi connectivity index (χ0n) is 17.3. The summed E-state index contributed by atoms with van der Waals surface area (Å²) in [5, 5.41) is 5.59. The molecule has 0 atom stereocenters. The number of fused-ring (bicyclic) bond motifs is 1. The quantitative estimate of drug-likeness (QED) is 0.382. The Labute approximate surface area is 184 Å². The number of carbonyl (C=O) groups is 1. The van der Waals surface area contributed by atoms with Gasteiger partial charge < -0.3 is 4.74 Å². The fourth-order valence-electron chi connectivity index (χ4n) is 3.59. The van der Waals surface area contributed by atoms with Crippen molar-refractivity contribution in [3.8, 4) is 28.2 Å². The Morgan fingerprint density at radius 1 is 0.906 bits per heavy atom. The molecule has 4 heterocycles. The van der Waals surface area contributed by atoms with Crippen molar-refractivity contribution in [1.82, 2.24) is 24.7 Å². The zero-order chi connectivity index (χ0) is 21.9. The lowest BCUT2D eigenvalue weighted by molar-refractivity contribution is 0.0527. The van der Waals surface area contributed by atoms with E-state index in [2.05, 4.69) is 9.97 Å². The van der Waals surface area contributed by atoms with Gasteiger partial charge in [-0.25, -0.2) is 14.5 Å². The van der Waals surface area contributed by atoms with Crippen molar-refractivity contribution in [2.45, 2.75) is 6.92 Å². The number of esters is 1. The molecule has 4 aromatic heterocycles. The molecule has 7 heteroatoms. The number of nitrogens with zero attached hydrogens (tertiary/aromatic N) is 5. The van der Waals surface area contributed by atoms with Gasteiger partial charge in [-0.1, -0.05) is 18.2 Å². The second-order valence-corrected chi connectivity index (χ2v) is 7.06. The van der Waals surface area contributed by atoms with Gasteiger partial charge in [0.2, 0.25) is 0 Å². The van der Waals surface area contributed by atoms with E-state index in [4.69, 9.17) is 14.8 Å². The normalized spacial score (nSPS) is 10.9. The molecule has 0 saturated heterocycles. The van der Waals surface area contributed by atoms with Crippen molar-refractivity contribution in [1.29, 1.82) is 0 Å². The molecule has 0 radical (unpaired) electrons. The summed E-state index contributed by atoms with van der Waals surface area (Å²) in [5.74, 6) is -0.439. The van der Waals surface area contributed by atoms with E-state index in [0.29, 0.717) is 22.6 Å². The SMILES string of the molecule is CCOC(=O)c1cc2c(-c3cccnc3)nn(-c3ccccc3)c2nc1-c1cccnc1. The Morgan fingerprint density at radius 3 is 2.22 bits per heavy atom. The van der Waals surface area contributed by atoms with E-state index in [1.165, 1.54) is 0 Å². The molecule has 0 N–H and O–H groups in total. The lowest BCUT2D eigenvalue weighted by Crippen LogP contribution is -2.08. The van der Waals surface area contributed by atoms with Crippen molar-refractivity contribution >= 4 is 17.0 Å². The van der Waals surface area contributed by atoms with Crippen molar-refractivity contribution < 1.29 is 9.53 Å². The lowest BCUT2D eigenvalue weighted by atomic mass is 10.0. The highest BCUT2D eigenvalue weighted by Crippen LogP contribution is 2.33. The molecule has 0 spiro atoms. The van der Waals surface area contributed by atoms with Gasteiger partial charge in [-0.15, -0.1) is 0 Å². The number of pyridine rings is 3. The summed E-state index contributed by atoms with van der Waals surface area (Å²) >= 11 is 0. The third-order valence-electron chi connectivity index (χ3n) is 5.02. The molecule has 32 heavy (non-hydrogen) atoms. The number of para-hydroxylation sites is 1. The average molecular weight is 421 g/mol. The van der Waals surface area contributed by atoms with Gasteiger partial charge in [0, 0.05) is 41.3 Å². The lowest BCUT2D eigenvalue weighted by Gasteiger charge is -2.10. The van der Waals surface area contributed by atoms with Crippen LogP contribution in [0.2, 0.25) is 0 Å². The standard InChI is InChI=1S/C25H19N5O2/c1-2-32-25(31)21-14-20-23(18-9-7-13-27-16-18)29-30(19-10-4-3-5-11-19)24(20)28-22(21)17-8-6-12-26-15-17/h3-16H,2H2,1H3. The van der Waals surface area contributed by atoms with Crippen LogP contribution in [-0.2, 0) is 4.74 Å². The Kier molecular flexibility index (Phi) is 5.13. The third-order valence-corrected chi connectivity index (χ3v) is 5.02. The van der Waals surface area contributed by atoms with Crippen molar-refractivity contribution in [3.63, 3.8) is 0 Å². The van der Waals surface area contributed by atoms with E-state index in [9.17, 15) is 4.79 Å². The molecule has 0 amide bonds. The number of rotatable bonds is 5. The number of aromatic nitrogens is 5. The van der Waals surface area contributed by atoms with Crippen molar-refractivity contribution in [3.05, 3.63) is 91.0 Å². The van der Waals surface area contributed by atoms with Crippen LogP contribution in [0.15, 0.2) is 85.5 Å². The van der Waals surface area contributed by atoms with Gasteiger partial charge in [0.25, 0.3) is 0 Å². The molecule has 0 aliphatic heterocycles. The largest absolute Gasteiger partial charge is 0.462 e. The first-order valence-corrected chi connectivity index (χ1v) is 10.2. The Morgan fingerprint density at radius 2 is 1.59 bits per heavy atom. The molecule has 0 aliphatic carbocycles.